The van der Waals surface area contributed by atoms with Crippen molar-refractivity contribution in [2.45, 2.75) is 25.8 Å². The van der Waals surface area contributed by atoms with E-state index in [1.807, 2.05) is 18.3 Å². The molecule has 0 fully saturated rings. The van der Waals surface area contributed by atoms with Crippen molar-refractivity contribution < 1.29 is 4.74 Å². The summed E-state index contributed by atoms with van der Waals surface area (Å²) in [4.78, 5) is 0. The topological polar surface area (TPSA) is 47.0 Å². The van der Waals surface area contributed by atoms with Gasteiger partial charge in [0.15, 0.2) is 0 Å². The number of hydrogen-bond acceptors (Lipinski definition) is 5. The second kappa shape index (κ2) is 7.21. The van der Waals surface area contributed by atoms with E-state index in [-0.39, 0.29) is 6.04 Å². The number of aromatic nitrogens is 2. The van der Waals surface area contributed by atoms with Crippen LogP contribution in [0.2, 0.25) is 0 Å². The van der Waals surface area contributed by atoms with E-state index in [1.54, 1.807) is 7.11 Å². The average Bonchev–Trinajstić information content (AvgIpc) is 2.97. The summed E-state index contributed by atoms with van der Waals surface area (Å²) in [6.07, 6.45) is 3.84. The zero-order valence-electron chi connectivity index (χ0n) is 11.3. The molecule has 0 spiro atoms. The highest BCUT2D eigenvalue weighted by atomic mass is 32.1. The fourth-order valence-electron chi connectivity index (χ4n) is 1.96. The molecule has 0 aliphatic carbocycles. The summed E-state index contributed by atoms with van der Waals surface area (Å²) in [6.45, 7) is 3.14. The number of ether oxygens (including phenoxy) is 1. The first kappa shape index (κ1) is 14.0. The van der Waals surface area contributed by atoms with E-state index in [1.165, 1.54) is 17.3 Å². The molecule has 19 heavy (non-hydrogen) atoms. The molecule has 0 radical (unpaired) electrons. The highest BCUT2D eigenvalue weighted by molar-refractivity contribution is 6.99. The molecule has 1 unspecified atom stereocenters. The van der Waals surface area contributed by atoms with Gasteiger partial charge >= 0.3 is 0 Å². The molecule has 1 heterocycles. The average molecular weight is 277 g/mol. The van der Waals surface area contributed by atoms with Crippen LogP contribution < -0.4 is 10.1 Å². The van der Waals surface area contributed by atoms with E-state index in [9.17, 15) is 0 Å². The fraction of sp³-hybridized carbons (Fsp3) is 0.429. The van der Waals surface area contributed by atoms with E-state index in [2.05, 4.69) is 33.1 Å². The van der Waals surface area contributed by atoms with Crippen molar-refractivity contribution >= 4 is 11.7 Å². The van der Waals surface area contributed by atoms with Crippen LogP contribution in [-0.4, -0.2) is 22.4 Å². The van der Waals surface area contributed by atoms with Crippen molar-refractivity contribution in [2.75, 3.05) is 13.7 Å². The smallest absolute Gasteiger partial charge is 0.119 e. The lowest BCUT2D eigenvalue weighted by Crippen LogP contribution is -2.24. The number of nitrogens with zero attached hydrogens (tertiary/aromatic N) is 2. The Hall–Kier alpha value is -1.46. The van der Waals surface area contributed by atoms with Gasteiger partial charge in [0.25, 0.3) is 0 Å². The van der Waals surface area contributed by atoms with E-state index < -0.39 is 0 Å². The van der Waals surface area contributed by atoms with Gasteiger partial charge in [-0.2, -0.15) is 8.75 Å². The number of nitrogens with one attached hydrogen (secondary N) is 1. The van der Waals surface area contributed by atoms with Crippen LogP contribution in [0.1, 0.15) is 30.6 Å². The molecule has 0 bridgehead atoms. The molecule has 1 N–H and O–H groups in total. The zero-order chi connectivity index (χ0) is 13.5. The SMILES string of the molecule is CCCNC(Cc1cccc(OC)c1)c1cnsn1. The third-order valence-corrected chi connectivity index (χ3v) is 3.44. The van der Waals surface area contributed by atoms with Gasteiger partial charge in [0, 0.05) is 0 Å². The van der Waals surface area contributed by atoms with Gasteiger partial charge in [-0.05, 0) is 37.1 Å². The van der Waals surface area contributed by atoms with Gasteiger partial charge in [-0.25, -0.2) is 0 Å². The number of rotatable bonds is 7. The minimum Gasteiger partial charge on any atom is -0.497 e. The first-order chi connectivity index (χ1) is 9.33. The molecule has 0 aliphatic heterocycles. The van der Waals surface area contributed by atoms with E-state index in [4.69, 9.17) is 4.74 Å². The van der Waals surface area contributed by atoms with Gasteiger partial charge in [-0.15, -0.1) is 0 Å². The minimum atomic E-state index is 0.214. The Labute approximate surface area is 118 Å². The minimum absolute atomic E-state index is 0.214. The maximum absolute atomic E-state index is 5.26. The molecule has 0 saturated carbocycles. The predicted molar refractivity (Wildman–Crippen MR) is 77.6 cm³/mol. The lowest BCUT2D eigenvalue weighted by Gasteiger charge is -2.16. The van der Waals surface area contributed by atoms with Gasteiger partial charge in [-0.1, -0.05) is 19.1 Å². The van der Waals surface area contributed by atoms with Gasteiger partial charge in [0.2, 0.25) is 0 Å². The molecule has 4 nitrogen and oxygen atoms in total. The summed E-state index contributed by atoms with van der Waals surface area (Å²) in [5.41, 5.74) is 2.25. The van der Waals surface area contributed by atoms with Crippen molar-refractivity contribution in [3.05, 3.63) is 41.7 Å². The quantitative estimate of drug-likeness (QED) is 0.845. The van der Waals surface area contributed by atoms with Gasteiger partial charge < -0.3 is 10.1 Å². The molecule has 0 saturated heterocycles. The Morgan fingerprint density at radius 1 is 1.42 bits per heavy atom. The molecule has 0 amide bonds. The third-order valence-electron chi connectivity index (χ3n) is 2.95. The number of methoxy groups -OCH3 is 1. The molecule has 102 valence electrons. The molecular weight excluding hydrogens is 258 g/mol. The Morgan fingerprint density at radius 2 is 2.32 bits per heavy atom. The fourth-order valence-corrected chi connectivity index (χ4v) is 2.43. The normalized spacial score (nSPS) is 12.3. The summed E-state index contributed by atoms with van der Waals surface area (Å²) >= 11 is 1.25. The van der Waals surface area contributed by atoms with Crippen molar-refractivity contribution in [3.8, 4) is 5.75 Å². The monoisotopic (exact) mass is 277 g/mol. The Balaban J connectivity index is 2.10. The maximum Gasteiger partial charge on any atom is 0.119 e. The van der Waals surface area contributed by atoms with Crippen LogP contribution in [0.4, 0.5) is 0 Å². The Bertz CT molecular complexity index is 487. The van der Waals surface area contributed by atoms with Gasteiger partial charge in [0.05, 0.1) is 36.8 Å². The summed E-state index contributed by atoms with van der Waals surface area (Å²) < 4.78 is 13.7. The molecule has 1 atom stereocenters. The highest BCUT2D eigenvalue weighted by Crippen LogP contribution is 2.20. The van der Waals surface area contributed by atoms with E-state index in [0.29, 0.717) is 0 Å². The molecule has 5 heteroatoms. The molecule has 2 rings (SSSR count). The molecule has 1 aromatic carbocycles. The summed E-state index contributed by atoms with van der Waals surface area (Å²) in [5, 5.41) is 3.52. The Kier molecular flexibility index (Phi) is 5.30. The molecule has 0 aliphatic rings. The Morgan fingerprint density at radius 3 is 3.00 bits per heavy atom. The van der Waals surface area contributed by atoms with Crippen LogP contribution in [0.3, 0.4) is 0 Å². The highest BCUT2D eigenvalue weighted by Gasteiger charge is 2.14. The molecule has 2 aromatic rings. The number of hydrogen-bond donors (Lipinski definition) is 1. The standard InChI is InChI=1S/C14H19N3OS/c1-3-7-15-13(14-10-16-19-17-14)9-11-5-4-6-12(8-11)18-2/h4-6,8,10,13,15H,3,7,9H2,1-2H3. The summed E-state index contributed by atoms with van der Waals surface area (Å²) in [6, 6.07) is 8.38. The van der Waals surface area contributed by atoms with E-state index >= 15 is 0 Å². The summed E-state index contributed by atoms with van der Waals surface area (Å²) in [5.74, 6) is 0.892. The van der Waals surface area contributed by atoms with Crippen LogP contribution in [0.15, 0.2) is 30.5 Å². The van der Waals surface area contributed by atoms with Crippen molar-refractivity contribution in [1.29, 1.82) is 0 Å². The first-order valence-electron chi connectivity index (χ1n) is 6.47. The third kappa shape index (κ3) is 4.01. The number of benzene rings is 1. The lowest BCUT2D eigenvalue weighted by molar-refractivity contribution is 0.413. The first-order valence-corrected chi connectivity index (χ1v) is 7.20. The van der Waals surface area contributed by atoms with E-state index in [0.717, 1.165) is 30.8 Å². The van der Waals surface area contributed by atoms with Crippen LogP contribution in [0.25, 0.3) is 0 Å². The van der Waals surface area contributed by atoms with Gasteiger partial charge in [-0.3, -0.25) is 0 Å². The lowest BCUT2D eigenvalue weighted by atomic mass is 10.0. The van der Waals surface area contributed by atoms with Crippen LogP contribution >= 0.6 is 11.7 Å². The second-order valence-electron chi connectivity index (χ2n) is 4.39. The zero-order valence-corrected chi connectivity index (χ0v) is 12.1. The maximum atomic E-state index is 5.26. The molecule has 1 aromatic heterocycles. The van der Waals surface area contributed by atoms with Gasteiger partial charge in [0.1, 0.15) is 5.75 Å². The van der Waals surface area contributed by atoms with Crippen LogP contribution in [0.5, 0.6) is 5.75 Å². The second-order valence-corrected chi connectivity index (χ2v) is 4.95. The largest absolute Gasteiger partial charge is 0.497 e. The van der Waals surface area contributed by atoms with Crippen LogP contribution in [-0.2, 0) is 6.42 Å². The van der Waals surface area contributed by atoms with Crippen molar-refractivity contribution in [2.24, 2.45) is 0 Å². The van der Waals surface area contributed by atoms with Crippen LogP contribution in [0, 0.1) is 0 Å². The predicted octanol–water partition coefficient (Wildman–Crippen LogP) is 2.83. The van der Waals surface area contributed by atoms with Crippen molar-refractivity contribution in [3.63, 3.8) is 0 Å². The summed E-state index contributed by atoms with van der Waals surface area (Å²) in [7, 11) is 1.69. The van der Waals surface area contributed by atoms with Crippen molar-refractivity contribution in [1.82, 2.24) is 14.1 Å². The molecular formula is C14H19N3OS.